The fourth-order valence-electron chi connectivity index (χ4n) is 2.68. The van der Waals surface area contributed by atoms with Crippen LogP contribution < -0.4 is 10.6 Å². The van der Waals surface area contributed by atoms with Crippen molar-refractivity contribution in [3.8, 4) is 0 Å². The molecule has 1 fully saturated rings. The normalized spacial score (nSPS) is 23.4. The van der Waals surface area contributed by atoms with Crippen molar-refractivity contribution in [3.63, 3.8) is 0 Å². The Bertz CT molecular complexity index is 490. The van der Waals surface area contributed by atoms with Gasteiger partial charge in [-0.1, -0.05) is 6.92 Å². The zero-order valence-corrected chi connectivity index (χ0v) is 12.3. The van der Waals surface area contributed by atoms with Gasteiger partial charge in [-0.25, -0.2) is 0 Å². The third kappa shape index (κ3) is 3.49. The van der Waals surface area contributed by atoms with Gasteiger partial charge in [0.15, 0.2) is 0 Å². The first-order valence-corrected chi connectivity index (χ1v) is 7.15. The number of nitrogens with two attached hydrogens (primary N) is 1. The second-order valence-electron chi connectivity index (χ2n) is 5.40. The highest BCUT2D eigenvalue weighted by Crippen LogP contribution is 2.34. The second kappa shape index (κ2) is 6.23. The summed E-state index contributed by atoms with van der Waals surface area (Å²) in [6.45, 7) is 5.34. The number of ether oxygens (including phenoxy) is 1. The quantitative estimate of drug-likeness (QED) is 0.932. The zero-order chi connectivity index (χ0) is 15.6. The molecule has 1 heterocycles. The van der Waals surface area contributed by atoms with Gasteiger partial charge in [-0.15, -0.1) is 0 Å². The van der Waals surface area contributed by atoms with Crippen molar-refractivity contribution in [1.82, 2.24) is 0 Å². The van der Waals surface area contributed by atoms with Gasteiger partial charge in [0, 0.05) is 18.8 Å². The molecule has 0 aromatic heterocycles. The summed E-state index contributed by atoms with van der Waals surface area (Å²) in [5.74, 6) is 0. The van der Waals surface area contributed by atoms with Gasteiger partial charge in [-0.3, -0.25) is 0 Å². The number of anilines is 1. The fraction of sp³-hybridized carbons (Fsp3) is 0.600. The van der Waals surface area contributed by atoms with E-state index in [1.165, 1.54) is 6.07 Å². The largest absolute Gasteiger partial charge is 0.416 e. The predicted molar refractivity (Wildman–Crippen MR) is 76.2 cm³/mol. The van der Waals surface area contributed by atoms with Gasteiger partial charge in [0.2, 0.25) is 0 Å². The van der Waals surface area contributed by atoms with Gasteiger partial charge < -0.3 is 15.4 Å². The Morgan fingerprint density at radius 3 is 2.67 bits per heavy atom. The molecule has 0 spiro atoms. The highest BCUT2D eigenvalue weighted by molar-refractivity contribution is 5.56. The van der Waals surface area contributed by atoms with Crippen molar-refractivity contribution in [3.05, 3.63) is 29.3 Å². The van der Waals surface area contributed by atoms with Crippen LogP contribution in [0.25, 0.3) is 0 Å². The third-order valence-electron chi connectivity index (χ3n) is 3.88. The summed E-state index contributed by atoms with van der Waals surface area (Å²) in [5.41, 5.74) is 6.32. The highest BCUT2D eigenvalue weighted by atomic mass is 19.4. The minimum absolute atomic E-state index is 0.0562. The molecule has 21 heavy (non-hydrogen) atoms. The number of halogens is 3. The van der Waals surface area contributed by atoms with Gasteiger partial charge in [-0.2, -0.15) is 13.2 Å². The van der Waals surface area contributed by atoms with Crippen LogP contribution in [0.1, 0.15) is 31.4 Å². The lowest BCUT2D eigenvalue weighted by atomic mass is 10.0. The maximum Gasteiger partial charge on any atom is 0.416 e. The number of hydrogen-bond donors (Lipinski definition) is 1. The molecule has 0 saturated carbocycles. The predicted octanol–water partition coefficient (Wildman–Crippen LogP) is 3.17. The summed E-state index contributed by atoms with van der Waals surface area (Å²) in [6.07, 6.45) is -3.41. The monoisotopic (exact) mass is 302 g/mol. The molecule has 1 saturated heterocycles. The molecule has 0 amide bonds. The van der Waals surface area contributed by atoms with Crippen molar-refractivity contribution < 1.29 is 17.9 Å². The first-order chi connectivity index (χ1) is 9.86. The first kappa shape index (κ1) is 16.1. The number of nitrogens with zero attached hydrogens (tertiary/aromatic N) is 1. The topological polar surface area (TPSA) is 38.5 Å². The van der Waals surface area contributed by atoms with Gasteiger partial charge in [0.05, 0.1) is 24.3 Å². The molecule has 2 atom stereocenters. The SMILES string of the molecule is CCC1COC(C)CN1c1ccc(C(F)(F)F)cc1CN. The van der Waals surface area contributed by atoms with Crippen LogP contribution in [0.4, 0.5) is 18.9 Å². The molecular formula is C15H21F3N2O. The standard InChI is InChI=1S/C15H21F3N2O/c1-3-13-9-21-10(2)8-20(13)14-5-4-12(15(16,17)18)6-11(14)7-19/h4-6,10,13H,3,7-9,19H2,1-2H3. The van der Waals surface area contributed by atoms with E-state index in [-0.39, 0.29) is 18.7 Å². The van der Waals surface area contributed by atoms with E-state index in [9.17, 15) is 13.2 Å². The summed E-state index contributed by atoms with van der Waals surface area (Å²) in [5, 5.41) is 0. The number of morpholine rings is 1. The molecule has 0 bridgehead atoms. The lowest BCUT2D eigenvalue weighted by Gasteiger charge is -2.41. The molecule has 2 rings (SSSR count). The van der Waals surface area contributed by atoms with Gasteiger partial charge >= 0.3 is 6.18 Å². The number of benzene rings is 1. The van der Waals surface area contributed by atoms with Gasteiger partial charge in [0.1, 0.15) is 0 Å². The average Bonchev–Trinajstić information content (AvgIpc) is 2.45. The number of alkyl halides is 3. The van der Waals surface area contributed by atoms with Crippen LogP contribution in [0.5, 0.6) is 0 Å². The van der Waals surface area contributed by atoms with Crippen LogP contribution in [0.3, 0.4) is 0 Å². The molecule has 1 aromatic carbocycles. The fourth-order valence-corrected chi connectivity index (χ4v) is 2.68. The molecule has 1 aliphatic rings. The van der Waals surface area contributed by atoms with E-state index in [2.05, 4.69) is 4.90 Å². The number of hydrogen-bond acceptors (Lipinski definition) is 3. The molecule has 2 N–H and O–H groups in total. The van der Waals surface area contributed by atoms with E-state index >= 15 is 0 Å². The Balaban J connectivity index is 2.37. The van der Waals surface area contributed by atoms with Crippen molar-refractivity contribution >= 4 is 5.69 Å². The van der Waals surface area contributed by atoms with Crippen molar-refractivity contribution in [2.75, 3.05) is 18.1 Å². The average molecular weight is 302 g/mol. The van der Waals surface area contributed by atoms with Crippen LogP contribution >= 0.6 is 0 Å². The van der Waals surface area contributed by atoms with Crippen molar-refractivity contribution in [2.24, 2.45) is 5.73 Å². The summed E-state index contributed by atoms with van der Waals surface area (Å²) in [6, 6.07) is 3.98. The Labute approximate surface area is 122 Å². The third-order valence-corrected chi connectivity index (χ3v) is 3.88. The van der Waals surface area contributed by atoms with Crippen LogP contribution in [0.2, 0.25) is 0 Å². The maximum atomic E-state index is 12.8. The molecule has 0 aliphatic carbocycles. The molecule has 2 unspecified atom stereocenters. The van der Waals surface area contributed by atoms with Crippen LogP contribution in [-0.4, -0.2) is 25.3 Å². The molecule has 1 aromatic rings. The molecule has 1 aliphatic heterocycles. The molecule has 3 nitrogen and oxygen atoms in total. The second-order valence-corrected chi connectivity index (χ2v) is 5.40. The van der Waals surface area contributed by atoms with E-state index in [4.69, 9.17) is 10.5 Å². The minimum atomic E-state index is -4.34. The van der Waals surface area contributed by atoms with E-state index in [0.717, 1.165) is 24.2 Å². The molecular weight excluding hydrogens is 281 g/mol. The van der Waals surface area contributed by atoms with E-state index in [0.29, 0.717) is 18.7 Å². The summed E-state index contributed by atoms with van der Waals surface area (Å²) < 4.78 is 44.1. The smallest absolute Gasteiger partial charge is 0.375 e. The Morgan fingerprint density at radius 2 is 2.10 bits per heavy atom. The molecule has 0 radical (unpaired) electrons. The lowest BCUT2D eigenvalue weighted by molar-refractivity contribution is -0.137. The number of rotatable bonds is 3. The Hall–Kier alpha value is -1.27. The van der Waals surface area contributed by atoms with Crippen LogP contribution in [0, 0.1) is 0 Å². The van der Waals surface area contributed by atoms with E-state index in [1.807, 2.05) is 13.8 Å². The summed E-state index contributed by atoms with van der Waals surface area (Å²) in [7, 11) is 0. The Kier molecular flexibility index (Phi) is 4.78. The maximum absolute atomic E-state index is 12.8. The zero-order valence-electron chi connectivity index (χ0n) is 12.3. The van der Waals surface area contributed by atoms with Crippen molar-refractivity contribution in [2.45, 2.75) is 45.1 Å². The van der Waals surface area contributed by atoms with Gasteiger partial charge in [0.25, 0.3) is 0 Å². The minimum Gasteiger partial charge on any atom is -0.375 e. The van der Waals surface area contributed by atoms with Crippen LogP contribution in [-0.2, 0) is 17.5 Å². The van der Waals surface area contributed by atoms with Crippen LogP contribution in [0.15, 0.2) is 18.2 Å². The first-order valence-electron chi connectivity index (χ1n) is 7.15. The van der Waals surface area contributed by atoms with Gasteiger partial charge in [-0.05, 0) is 37.1 Å². The summed E-state index contributed by atoms with van der Waals surface area (Å²) in [4.78, 5) is 2.12. The molecule has 6 heteroatoms. The van der Waals surface area contributed by atoms with E-state index < -0.39 is 11.7 Å². The summed E-state index contributed by atoms with van der Waals surface area (Å²) >= 11 is 0. The van der Waals surface area contributed by atoms with E-state index in [1.54, 1.807) is 0 Å². The molecule has 118 valence electrons. The lowest BCUT2D eigenvalue weighted by Crippen LogP contribution is -2.49. The highest BCUT2D eigenvalue weighted by Gasteiger charge is 2.32. The van der Waals surface area contributed by atoms with Crippen molar-refractivity contribution in [1.29, 1.82) is 0 Å². The Morgan fingerprint density at radius 1 is 1.38 bits per heavy atom.